The molecule has 8 aromatic rings. The summed E-state index contributed by atoms with van der Waals surface area (Å²) < 4.78 is 0. The van der Waals surface area contributed by atoms with E-state index in [1.54, 1.807) is 0 Å². The van der Waals surface area contributed by atoms with Crippen LogP contribution in [0.4, 0.5) is 11.4 Å². The van der Waals surface area contributed by atoms with Crippen molar-refractivity contribution in [3.8, 4) is 0 Å². The molecule has 4 nitrogen and oxygen atoms in total. The van der Waals surface area contributed by atoms with Crippen molar-refractivity contribution in [3.63, 3.8) is 0 Å². The van der Waals surface area contributed by atoms with Crippen LogP contribution in [0.2, 0.25) is 0 Å². The number of anilines is 2. The third kappa shape index (κ3) is 5.94. The standard InChI is InChI=1S/C47H34N2O2/c50-45(43-23-11-15-33-13-7-9-21-41(33)43)48-39-29-25-37(26-30-39)47(35-17-3-1-4-18-35,36-19-5-2-6-20-36)38-27-31-40(32-28-38)49-46(51)44-24-12-16-34-14-8-10-22-42(34)44/h1-32H,(H,48,50)(H,49,51). The third-order valence-corrected chi connectivity index (χ3v) is 9.63. The van der Waals surface area contributed by atoms with Gasteiger partial charge in [-0.05, 0) is 80.2 Å². The second-order valence-electron chi connectivity index (χ2n) is 12.6. The largest absolute Gasteiger partial charge is 0.322 e. The molecule has 0 aliphatic carbocycles. The lowest BCUT2D eigenvalue weighted by molar-refractivity contribution is 0.102. The molecule has 0 saturated heterocycles. The zero-order valence-corrected chi connectivity index (χ0v) is 27.8. The number of benzene rings is 8. The van der Waals surface area contributed by atoms with E-state index in [0.29, 0.717) is 22.5 Å². The highest BCUT2D eigenvalue weighted by atomic mass is 16.2. The van der Waals surface area contributed by atoms with Crippen LogP contribution in [0.15, 0.2) is 194 Å². The summed E-state index contributed by atoms with van der Waals surface area (Å²) in [7, 11) is 0. The van der Waals surface area contributed by atoms with Crippen LogP contribution in [0.25, 0.3) is 21.5 Å². The summed E-state index contributed by atoms with van der Waals surface area (Å²) >= 11 is 0. The lowest BCUT2D eigenvalue weighted by atomic mass is 9.65. The molecule has 0 saturated carbocycles. The van der Waals surface area contributed by atoms with E-state index in [1.165, 1.54) is 0 Å². The smallest absolute Gasteiger partial charge is 0.256 e. The summed E-state index contributed by atoms with van der Waals surface area (Å²) in [5.74, 6) is -0.309. The van der Waals surface area contributed by atoms with Gasteiger partial charge < -0.3 is 10.6 Å². The Bertz CT molecular complexity index is 2300. The molecule has 8 rings (SSSR count). The Hall–Kier alpha value is -6.78. The monoisotopic (exact) mass is 658 g/mol. The van der Waals surface area contributed by atoms with E-state index in [4.69, 9.17) is 0 Å². The zero-order chi connectivity index (χ0) is 34.6. The van der Waals surface area contributed by atoms with Gasteiger partial charge in [-0.3, -0.25) is 9.59 Å². The maximum atomic E-state index is 13.5. The van der Waals surface area contributed by atoms with E-state index in [1.807, 2.05) is 121 Å². The summed E-state index contributed by atoms with van der Waals surface area (Å²) in [5.41, 5.74) is 6.24. The number of rotatable bonds is 8. The number of nitrogens with one attached hydrogen (secondary N) is 2. The molecular formula is C47H34N2O2. The molecule has 0 unspecified atom stereocenters. The van der Waals surface area contributed by atoms with Gasteiger partial charge in [-0.2, -0.15) is 0 Å². The van der Waals surface area contributed by atoms with Crippen molar-refractivity contribution in [2.45, 2.75) is 5.41 Å². The predicted octanol–water partition coefficient (Wildman–Crippen LogP) is 10.9. The SMILES string of the molecule is O=C(Nc1ccc(C(c2ccccc2)(c2ccccc2)c2ccc(NC(=O)c3cccc4ccccc34)cc2)cc1)c1cccc2ccccc12. The summed E-state index contributed by atoms with van der Waals surface area (Å²) in [6, 6.07) is 64.5. The van der Waals surface area contributed by atoms with Crippen molar-refractivity contribution in [2.75, 3.05) is 10.6 Å². The Balaban J connectivity index is 1.17. The fraction of sp³-hybridized carbons (Fsp3) is 0.0213. The minimum absolute atomic E-state index is 0.155. The second kappa shape index (κ2) is 13.6. The van der Waals surface area contributed by atoms with Crippen LogP contribution in [0.5, 0.6) is 0 Å². The number of hydrogen-bond acceptors (Lipinski definition) is 2. The quantitative estimate of drug-likeness (QED) is 0.160. The lowest BCUT2D eigenvalue weighted by Gasteiger charge is -2.37. The number of carbonyl (C=O) groups is 2. The highest BCUT2D eigenvalue weighted by molar-refractivity contribution is 6.13. The van der Waals surface area contributed by atoms with E-state index in [-0.39, 0.29) is 11.8 Å². The Labute approximate surface area is 297 Å². The number of carbonyl (C=O) groups excluding carboxylic acids is 2. The Kier molecular flexibility index (Phi) is 8.41. The molecule has 8 aromatic carbocycles. The van der Waals surface area contributed by atoms with Crippen LogP contribution in [0.3, 0.4) is 0 Å². The van der Waals surface area contributed by atoms with Crippen LogP contribution in [0, 0.1) is 0 Å². The maximum absolute atomic E-state index is 13.5. The molecule has 0 heterocycles. The predicted molar refractivity (Wildman–Crippen MR) is 209 cm³/mol. The second-order valence-corrected chi connectivity index (χ2v) is 12.6. The van der Waals surface area contributed by atoms with Gasteiger partial charge in [0.05, 0.1) is 5.41 Å². The highest BCUT2D eigenvalue weighted by Gasteiger charge is 2.38. The molecule has 244 valence electrons. The van der Waals surface area contributed by atoms with Crippen molar-refractivity contribution < 1.29 is 9.59 Å². The molecule has 4 heteroatoms. The maximum Gasteiger partial charge on any atom is 0.256 e. The van der Waals surface area contributed by atoms with Gasteiger partial charge in [-0.1, -0.05) is 158 Å². The highest BCUT2D eigenvalue weighted by Crippen LogP contribution is 2.45. The van der Waals surface area contributed by atoms with Gasteiger partial charge in [0.25, 0.3) is 11.8 Å². The van der Waals surface area contributed by atoms with Crippen molar-refractivity contribution in [2.24, 2.45) is 0 Å². The summed E-state index contributed by atoms with van der Waals surface area (Å²) in [4.78, 5) is 27.0. The average Bonchev–Trinajstić information content (AvgIpc) is 3.19. The number of fused-ring (bicyclic) bond motifs is 2. The van der Waals surface area contributed by atoms with Gasteiger partial charge in [-0.15, -0.1) is 0 Å². The fourth-order valence-electron chi connectivity index (χ4n) is 7.23. The lowest BCUT2D eigenvalue weighted by Crippen LogP contribution is -2.31. The first-order chi connectivity index (χ1) is 25.1. The molecule has 0 aliphatic heterocycles. The van der Waals surface area contributed by atoms with Crippen molar-refractivity contribution in [1.82, 2.24) is 0 Å². The van der Waals surface area contributed by atoms with Gasteiger partial charge in [0.1, 0.15) is 0 Å². The van der Waals surface area contributed by atoms with Gasteiger partial charge in [-0.25, -0.2) is 0 Å². The van der Waals surface area contributed by atoms with Crippen LogP contribution in [-0.4, -0.2) is 11.8 Å². The third-order valence-electron chi connectivity index (χ3n) is 9.63. The molecule has 0 bridgehead atoms. The first-order valence-corrected chi connectivity index (χ1v) is 17.0. The minimum atomic E-state index is -0.696. The van der Waals surface area contributed by atoms with E-state index < -0.39 is 5.41 Å². The van der Waals surface area contributed by atoms with Gasteiger partial charge in [0.2, 0.25) is 0 Å². The van der Waals surface area contributed by atoms with Crippen molar-refractivity contribution >= 4 is 44.7 Å². The van der Waals surface area contributed by atoms with Crippen LogP contribution in [0.1, 0.15) is 43.0 Å². The first kappa shape index (κ1) is 31.5. The molecule has 0 atom stereocenters. The van der Waals surface area contributed by atoms with E-state index in [2.05, 4.69) is 83.4 Å². The van der Waals surface area contributed by atoms with E-state index >= 15 is 0 Å². The molecule has 0 fully saturated rings. The van der Waals surface area contributed by atoms with E-state index in [9.17, 15) is 9.59 Å². The fourth-order valence-corrected chi connectivity index (χ4v) is 7.23. The van der Waals surface area contributed by atoms with Crippen LogP contribution < -0.4 is 10.6 Å². The Morgan fingerprint density at radius 3 is 1.08 bits per heavy atom. The molecule has 0 spiro atoms. The first-order valence-electron chi connectivity index (χ1n) is 17.0. The van der Waals surface area contributed by atoms with Gasteiger partial charge in [0, 0.05) is 22.5 Å². The normalized spacial score (nSPS) is 11.3. The topological polar surface area (TPSA) is 58.2 Å². The van der Waals surface area contributed by atoms with Crippen LogP contribution in [-0.2, 0) is 5.41 Å². The number of hydrogen-bond donors (Lipinski definition) is 2. The zero-order valence-electron chi connectivity index (χ0n) is 27.8. The minimum Gasteiger partial charge on any atom is -0.322 e. The summed E-state index contributed by atoms with van der Waals surface area (Å²) in [5, 5.41) is 10.1. The van der Waals surface area contributed by atoms with Crippen LogP contribution >= 0.6 is 0 Å². The van der Waals surface area contributed by atoms with Crippen molar-refractivity contribution in [1.29, 1.82) is 0 Å². The Morgan fingerprint density at radius 1 is 0.333 bits per heavy atom. The summed E-state index contributed by atoms with van der Waals surface area (Å²) in [6.07, 6.45) is 0. The van der Waals surface area contributed by atoms with E-state index in [0.717, 1.165) is 43.8 Å². The molecule has 0 radical (unpaired) electrons. The molecule has 0 aliphatic rings. The molecular weight excluding hydrogens is 625 g/mol. The molecule has 2 N–H and O–H groups in total. The molecule has 2 amide bonds. The number of amides is 2. The molecule has 0 aromatic heterocycles. The van der Waals surface area contributed by atoms with Crippen molar-refractivity contribution in [3.05, 3.63) is 228 Å². The van der Waals surface area contributed by atoms with Gasteiger partial charge >= 0.3 is 0 Å². The summed E-state index contributed by atoms with van der Waals surface area (Å²) in [6.45, 7) is 0. The molecule has 51 heavy (non-hydrogen) atoms. The Morgan fingerprint density at radius 2 is 0.667 bits per heavy atom. The van der Waals surface area contributed by atoms with Gasteiger partial charge in [0.15, 0.2) is 0 Å². The average molecular weight is 659 g/mol.